The van der Waals surface area contributed by atoms with Gasteiger partial charge in [0.15, 0.2) is 0 Å². The molecule has 1 heterocycles. The van der Waals surface area contributed by atoms with Gasteiger partial charge in [-0.25, -0.2) is 0 Å². The number of nitrogens with zero attached hydrogens (tertiary/aromatic N) is 2. The van der Waals surface area contributed by atoms with Crippen molar-refractivity contribution in [2.45, 2.75) is 26.3 Å². The molecule has 6 nitrogen and oxygen atoms in total. The van der Waals surface area contributed by atoms with Gasteiger partial charge < -0.3 is 9.88 Å². The van der Waals surface area contributed by atoms with Gasteiger partial charge in [-0.05, 0) is 18.6 Å². The molecule has 1 amide bonds. The third kappa shape index (κ3) is 3.10. The SMILES string of the molecule is CCC(=O)N(c1c[nH]c2ccccc12)C(C)c1ccc([N+](=O)[O-])cc1. The summed E-state index contributed by atoms with van der Waals surface area (Å²) in [6.45, 7) is 3.75. The number of nitrogens with one attached hydrogen (secondary N) is 1. The number of carbonyl (C=O) groups excluding carboxylic acids is 1. The minimum Gasteiger partial charge on any atom is -0.359 e. The average Bonchev–Trinajstić information content (AvgIpc) is 3.05. The molecule has 3 aromatic rings. The summed E-state index contributed by atoms with van der Waals surface area (Å²) in [5.41, 5.74) is 2.66. The smallest absolute Gasteiger partial charge is 0.269 e. The van der Waals surface area contributed by atoms with Gasteiger partial charge in [-0.15, -0.1) is 0 Å². The molecule has 0 saturated heterocycles. The van der Waals surface area contributed by atoms with Crippen molar-refractivity contribution in [1.82, 2.24) is 4.98 Å². The van der Waals surface area contributed by atoms with Crippen LogP contribution in [0.25, 0.3) is 10.9 Å². The molecule has 0 aliphatic carbocycles. The molecule has 0 fully saturated rings. The molecule has 1 N–H and O–H groups in total. The number of hydrogen-bond acceptors (Lipinski definition) is 3. The fourth-order valence-electron chi connectivity index (χ4n) is 3.01. The van der Waals surface area contributed by atoms with Crippen LogP contribution in [0.2, 0.25) is 0 Å². The maximum atomic E-state index is 12.6. The van der Waals surface area contributed by atoms with Crippen LogP contribution in [0.1, 0.15) is 31.9 Å². The highest BCUT2D eigenvalue weighted by Gasteiger charge is 2.25. The first-order valence-corrected chi connectivity index (χ1v) is 8.15. The number of carbonyl (C=O) groups is 1. The highest BCUT2D eigenvalue weighted by Crippen LogP contribution is 2.34. The van der Waals surface area contributed by atoms with Crippen LogP contribution < -0.4 is 4.90 Å². The topological polar surface area (TPSA) is 79.2 Å². The highest BCUT2D eigenvalue weighted by atomic mass is 16.6. The standard InChI is InChI=1S/C19H19N3O3/c1-3-19(23)21(18-12-20-17-7-5-4-6-16(17)18)13(2)14-8-10-15(11-9-14)22(24)25/h4-13,20H,3H2,1-2H3. The molecular weight excluding hydrogens is 318 g/mol. The number of aromatic nitrogens is 1. The van der Waals surface area contributed by atoms with Crippen LogP contribution in [-0.4, -0.2) is 15.8 Å². The van der Waals surface area contributed by atoms with E-state index in [1.165, 1.54) is 12.1 Å². The Morgan fingerprint density at radius 3 is 2.52 bits per heavy atom. The normalized spacial score (nSPS) is 12.1. The Kier molecular flexibility index (Phi) is 4.52. The summed E-state index contributed by atoms with van der Waals surface area (Å²) in [5.74, 6) is -0.00407. The summed E-state index contributed by atoms with van der Waals surface area (Å²) >= 11 is 0. The minimum atomic E-state index is -0.428. The van der Waals surface area contributed by atoms with Crippen LogP contribution in [0.3, 0.4) is 0 Å². The summed E-state index contributed by atoms with van der Waals surface area (Å²) in [4.78, 5) is 28.0. The molecule has 25 heavy (non-hydrogen) atoms. The van der Waals surface area contributed by atoms with Gasteiger partial charge >= 0.3 is 0 Å². The fourth-order valence-corrected chi connectivity index (χ4v) is 3.01. The highest BCUT2D eigenvalue weighted by molar-refractivity contribution is 6.03. The van der Waals surface area contributed by atoms with Crippen molar-refractivity contribution >= 4 is 28.2 Å². The fraction of sp³-hybridized carbons (Fsp3) is 0.211. The van der Waals surface area contributed by atoms with Crippen LogP contribution in [0, 0.1) is 10.1 Å². The summed E-state index contributed by atoms with van der Waals surface area (Å²) in [5, 5.41) is 11.8. The number of fused-ring (bicyclic) bond motifs is 1. The van der Waals surface area contributed by atoms with Gasteiger partial charge in [-0.1, -0.05) is 37.3 Å². The number of benzene rings is 2. The predicted molar refractivity (Wildman–Crippen MR) is 97.6 cm³/mol. The van der Waals surface area contributed by atoms with Gasteiger partial charge in [0.1, 0.15) is 0 Å². The first-order chi connectivity index (χ1) is 12.0. The van der Waals surface area contributed by atoms with E-state index in [0.717, 1.165) is 22.2 Å². The lowest BCUT2D eigenvalue weighted by Gasteiger charge is -2.29. The Balaban J connectivity index is 2.03. The maximum absolute atomic E-state index is 12.6. The zero-order chi connectivity index (χ0) is 18.0. The number of hydrogen-bond donors (Lipinski definition) is 1. The lowest BCUT2D eigenvalue weighted by molar-refractivity contribution is -0.384. The third-order valence-corrected chi connectivity index (χ3v) is 4.37. The van der Waals surface area contributed by atoms with Crippen molar-refractivity contribution in [2.75, 3.05) is 4.90 Å². The molecule has 6 heteroatoms. The Morgan fingerprint density at radius 1 is 1.20 bits per heavy atom. The van der Waals surface area contributed by atoms with E-state index in [-0.39, 0.29) is 17.6 Å². The lowest BCUT2D eigenvalue weighted by atomic mass is 10.0. The molecule has 0 saturated carbocycles. The Morgan fingerprint density at radius 2 is 1.88 bits per heavy atom. The second-order valence-corrected chi connectivity index (χ2v) is 5.86. The summed E-state index contributed by atoms with van der Waals surface area (Å²) < 4.78 is 0. The van der Waals surface area contributed by atoms with Gasteiger partial charge in [-0.2, -0.15) is 0 Å². The van der Waals surface area contributed by atoms with Gasteiger partial charge in [0.2, 0.25) is 5.91 Å². The van der Waals surface area contributed by atoms with Crippen molar-refractivity contribution in [3.8, 4) is 0 Å². The summed E-state index contributed by atoms with van der Waals surface area (Å²) in [6.07, 6.45) is 2.21. The van der Waals surface area contributed by atoms with Crippen molar-refractivity contribution < 1.29 is 9.72 Å². The molecule has 3 rings (SSSR count). The first kappa shape index (κ1) is 16.7. The van der Waals surface area contributed by atoms with Gasteiger partial charge in [0.25, 0.3) is 5.69 Å². The second kappa shape index (κ2) is 6.76. The van der Waals surface area contributed by atoms with E-state index in [4.69, 9.17) is 0 Å². The molecule has 1 unspecified atom stereocenters. The van der Waals surface area contributed by atoms with E-state index in [9.17, 15) is 14.9 Å². The van der Waals surface area contributed by atoms with Crippen molar-refractivity contribution in [3.63, 3.8) is 0 Å². The van der Waals surface area contributed by atoms with Crippen LogP contribution in [0.4, 0.5) is 11.4 Å². The first-order valence-electron chi connectivity index (χ1n) is 8.15. The van der Waals surface area contributed by atoms with E-state index in [0.29, 0.717) is 6.42 Å². The maximum Gasteiger partial charge on any atom is 0.269 e. The summed E-state index contributed by atoms with van der Waals surface area (Å²) in [7, 11) is 0. The number of para-hydroxylation sites is 1. The van der Waals surface area contributed by atoms with Crippen LogP contribution in [-0.2, 0) is 4.79 Å². The van der Waals surface area contributed by atoms with Gasteiger partial charge in [0.05, 0.1) is 16.7 Å². The molecule has 0 radical (unpaired) electrons. The number of amides is 1. The number of anilines is 1. The molecule has 0 bridgehead atoms. The number of aromatic amines is 1. The van der Waals surface area contributed by atoms with Crippen molar-refractivity contribution in [3.05, 3.63) is 70.4 Å². The van der Waals surface area contributed by atoms with Gasteiger partial charge in [0, 0.05) is 35.7 Å². The van der Waals surface area contributed by atoms with Gasteiger partial charge in [-0.3, -0.25) is 14.9 Å². The van der Waals surface area contributed by atoms with Crippen LogP contribution in [0.5, 0.6) is 0 Å². The molecule has 0 aliphatic rings. The van der Waals surface area contributed by atoms with E-state index in [1.807, 2.05) is 44.3 Å². The van der Waals surface area contributed by atoms with Crippen LogP contribution >= 0.6 is 0 Å². The number of nitro benzene ring substituents is 1. The molecule has 0 spiro atoms. The molecule has 2 aromatic carbocycles. The van der Waals surface area contributed by atoms with Crippen molar-refractivity contribution in [2.24, 2.45) is 0 Å². The molecule has 0 aliphatic heterocycles. The zero-order valence-electron chi connectivity index (χ0n) is 14.1. The molecule has 128 valence electrons. The van der Waals surface area contributed by atoms with Crippen molar-refractivity contribution in [1.29, 1.82) is 0 Å². The Labute approximate surface area is 145 Å². The number of nitro groups is 1. The number of H-pyrrole nitrogens is 1. The lowest BCUT2D eigenvalue weighted by Crippen LogP contribution is -2.32. The Bertz CT molecular complexity index is 915. The molecule has 1 atom stereocenters. The third-order valence-electron chi connectivity index (χ3n) is 4.37. The Hall–Kier alpha value is -3.15. The molecular formula is C19H19N3O3. The zero-order valence-corrected chi connectivity index (χ0v) is 14.1. The second-order valence-electron chi connectivity index (χ2n) is 5.86. The average molecular weight is 337 g/mol. The van der Waals surface area contributed by atoms with E-state index < -0.39 is 4.92 Å². The number of non-ortho nitro benzene ring substituents is 1. The monoisotopic (exact) mass is 337 g/mol. The van der Waals surface area contributed by atoms with Crippen LogP contribution in [0.15, 0.2) is 54.7 Å². The predicted octanol–water partition coefficient (Wildman–Crippen LogP) is 4.58. The summed E-state index contributed by atoms with van der Waals surface area (Å²) in [6, 6.07) is 13.9. The molecule has 1 aromatic heterocycles. The number of rotatable bonds is 5. The quantitative estimate of drug-likeness (QED) is 0.546. The van der Waals surface area contributed by atoms with E-state index >= 15 is 0 Å². The van der Waals surface area contributed by atoms with E-state index in [2.05, 4.69) is 4.98 Å². The minimum absolute atomic E-state index is 0.00407. The largest absolute Gasteiger partial charge is 0.359 e. The van der Waals surface area contributed by atoms with E-state index in [1.54, 1.807) is 17.0 Å².